The second-order valence-corrected chi connectivity index (χ2v) is 7.14. The van der Waals surface area contributed by atoms with Crippen molar-refractivity contribution in [3.05, 3.63) is 82.0 Å². The zero-order chi connectivity index (χ0) is 22.0. The molecule has 5 aromatic rings. The third-order valence-corrected chi connectivity index (χ3v) is 5.09. The van der Waals surface area contributed by atoms with Gasteiger partial charge in [-0.25, -0.2) is 4.98 Å². The Morgan fingerprint density at radius 1 is 1.06 bits per heavy atom. The molecular formula is C22H20ClN7O. The lowest BCUT2D eigenvalue weighted by Crippen LogP contribution is -2.22. The lowest BCUT2D eigenvalue weighted by molar-refractivity contribution is 0.889. The second-order valence-electron chi connectivity index (χ2n) is 6.74. The fraction of sp³-hybridized carbons (Fsp3) is 0.0909. The molecule has 0 saturated heterocycles. The number of nitrogens with two attached hydrogens (primary N) is 2. The van der Waals surface area contributed by atoms with Gasteiger partial charge in [0, 0.05) is 11.4 Å². The van der Waals surface area contributed by atoms with Crippen molar-refractivity contribution in [2.75, 3.05) is 11.5 Å². The Morgan fingerprint density at radius 3 is 2.58 bits per heavy atom. The zero-order valence-corrected chi connectivity index (χ0v) is 17.5. The van der Waals surface area contributed by atoms with Crippen molar-refractivity contribution in [3.63, 3.8) is 0 Å². The predicted octanol–water partition coefficient (Wildman–Crippen LogP) is 3.72. The van der Waals surface area contributed by atoms with Crippen molar-refractivity contribution < 1.29 is 0 Å². The smallest absolute Gasteiger partial charge is 0.264 e. The van der Waals surface area contributed by atoms with Gasteiger partial charge >= 0.3 is 0 Å². The number of H-pyrrole nitrogens is 1. The Balaban J connectivity index is 0.000000177. The highest BCUT2D eigenvalue weighted by Gasteiger charge is 2.12. The number of benzene rings is 2. The Hall–Kier alpha value is -3.91. The van der Waals surface area contributed by atoms with E-state index in [1.165, 1.54) is 6.33 Å². The molecule has 156 valence electrons. The number of aromatic nitrogens is 5. The first-order chi connectivity index (χ1) is 15.0. The maximum atomic E-state index is 12.8. The zero-order valence-electron chi connectivity index (χ0n) is 16.7. The van der Waals surface area contributed by atoms with Crippen LogP contribution in [-0.2, 0) is 6.42 Å². The van der Waals surface area contributed by atoms with Crippen LogP contribution in [-0.4, -0.2) is 24.5 Å². The van der Waals surface area contributed by atoms with Crippen molar-refractivity contribution >= 4 is 45.3 Å². The van der Waals surface area contributed by atoms with E-state index >= 15 is 0 Å². The highest BCUT2D eigenvalue weighted by Crippen LogP contribution is 2.22. The first-order valence-electron chi connectivity index (χ1n) is 9.60. The number of hydrogen-bond donors (Lipinski definition) is 3. The number of aromatic amines is 1. The van der Waals surface area contributed by atoms with E-state index in [1.807, 2.05) is 55.5 Å². The summed E-state index contributed by atoms with van der Waals surface area (Å²) in [6, 6.07) is 17.3. The molecule has 0 spiro atoms. The van der Waals surface area contributed by atoms with Gasteiger partial charge in [-0.05, 0) is 36.1 Å². The number of halogens is 1. The van der Waals surface area contributed by atoms with E-state index in [9.17, 15) is 4.79 Å². The lowest BCUT2D eigenvalue weighted by Gasteiger charge is -2.14. The van der Waals surface area contributed by atoms with Gasteiger partial charge in [0.2, 0.25) is 5.95 Å². The fourth-order valence-corrected chi connectivity index (χ4v) is 3.63. The van der Waals surface area contributed by atoms with Crippen LogP contribution in [0.2, 0.25) is 5.02 Å². The van der Waals surface area contributed by atoms with Crippen LogP contribution < -0.4 is 17.0 Å². The summed E-state index contributed by atoms with van der Waals surface area (Å²) in [4.78, 5) is 27.1. The van der Waals surface area contributed by atoms with E-state index in [0.717, 1.165) is 23.2 Å². The lowest BCUT2D eigenvalue weighted by atomic mass is 10.1. The molecule has 0 fully saturated rings. The third-order valence-electron chi connectivity index (χ3n) is 4.78. The highest BCUT2D eigenvalue weighted by molar-refractivity contribution is 6.35. The molecule has 8 nitrogen and oxygen atoms in total. The van der Waals surface area contributed by atoms with Crippen molar-refractivity contribution in [1.82, 2.24) is 24.5 Å². The van der Waals surface area contributed by atoms with Gasteiger partial charge in [0.05, 0.1) is 16.7 Å². The summed E-state index contributed by atoms with van der Waals surface area (Å²) >= 11 is 6.20. The van der Waals surface area contributed by atoms with Crippen LogP contribution in [0.15, 0.2) is 65.7 Å². The number of rotatable bonds is 2. The first-order valence-corrected chi connectivity index (χ1v) is 9.98. The summed E-state index contributed by atoms with van der Waals surface area (Å²) in [6.07, 6.45) is 2.28. The molecule has 0 aliphatic carbocycles. The van der Waals surface area contributed by atoms with Gasteiger partial charge in [-0.15, -0.1) is 0 Å². The molecule has 9 heteroatoms. The molecule has 31 heavy (non-hydrogen) atoms. The van der Waals surface area contributed by atoms with E-state index < -0.39 is 0 Å². The summed E-state index contributed by atoms with van der Waals surface area (Å²) in [7, 11) is 0. The molecule has 5 rings (SSSR count). The second kappa shape index (κ2) is 8.45. The normalized spacial score (nSPS) is 10.8. The number of fused-ring (bicyclic) bond motifs is 2. The number of nitrogen functional groups attached to an aromatic ring is 2. The largest absolute Gasteiger partial charge is 0.382 e. The van der Waals surface area contributed by atoms with E-state index in [0.29, 0.717) is 27.4 Å². The number of aryl methyl sites for hydroxylation is 1. The minimum absolute atomic E-state index is 0.0591. The molecule has 0 aliphatic heterocycles. The van der Waals surface area contributed by atoms with Gasteiger partial charge < -0.3 is 16.5 Å². The number of imidazole rings is 1. The van der Waals surface area contributed by atoms with Crippen molar-refractivity contribution in [3.8, 4) is 5.69 Å². The van der Waals surface area contributed by atoms with E-state index in [4.69, 9.17) is 23.1 Å². The van der Waals surface area contributed by atoms with Crippen LogP contribution in [0.1, 0.15) is 12.6 Å². The molecule has 0 unspecified atom stereocenters. The molecule has 0 aliphatic rings. The van der Waals surface area contributed by atoms with Gasteiger partial charge in [-0.1, -0.05) is 48.9 Å². The average Bonchev–Trinajstić information content (AvgIpc) is 3.23. The Kier molecular flexibility index (Phi) is 5.55. The van der Waals surface area contributed by atoms with Crippen LogP contribution in [0.3, 0.4) is 0 Å². The average molecular weight is 434 g/mol. The third kappa shape index (κ3) is 3.93. The molecule has 0 saturated carbocycles. The van der Waals surface area contributed by atoms with Crippen LogP contribution >= 0.6 is 11.6 Å². The van der Waals surface area contributed by atoms with Gasteiger partial charge in [0.15, 0.2) is 11.5 Å². The van der Waals surface area contributed by atoms with Gasteiger partial charge in [0.1, 0.15) is 5.52 Å². The maximum Gasteiger partial charge on any atom is 0.264 e. The SMILES string of the molecule is CCc1cc2cccc(Cl)c2c(=O)n1-c1ccccc1.Nc1nc(N)c2[nH]cnc2n1. The molecule has 3 heterocycles. The van der Waals surface area contributed by atoms with Crippen LogP contribution in [0.5, 0.6) is 0 Å². The predicted molar refractivity (Wildman–Crippen MR) is 124 cm³/mol. The first kappa shape index (κ1) is 20.4. The number of para-hydroxylation sites is 1. The summed E-state index contributed by atoms with van der Waals surface area (Å²) in [5.74, 6) is 0.465. The van der Waals surface area contributed by atoms with E-state index in [-0.39, 0.29) is 11.5 Å². The minimum atomic E-state index is -0.0591. The van der Waals surface area contributed by atoms with E-state index in [2.05, 4.69) is 19.9 Å². The Labute approximate surface area is 182 Å². The molecule has 0 bridgehead atoms. The van der Waals surface area contributed by atoms with Crippen LogP contribution in [0.4, 0.5) is 11.8 Å². The molecule has 5 N–H and O–H groups in total. The number of hydrogen-bond acceptors (Lipinski definition) is 6. The number of nitrogens with zero attached hydrogens (tertiary/aromatic N) is 4. The topological polar surface area (TPSA) is 128 Å². The van der Waals surface area contributed by atoms with Crippen molar-refractivity contribution in [1.29, 1.82) is 0 Å². The van der Waals surface area contributed by atoms with Crippen LogP contribution in [0.25, 0.3) is 27.6 Å². The Bertz CT molecular complexity index is 1430. The van der Waals surface area contributed by atoms with Gasteiger partial charge in [0.25, 0.3) is 5.56 Å². The molecule has 2 aromatic carbocycles. The maximum absolute atomic E-state index is 12.8. The summed E-state index contributed by atoms with van der Waals surface area (Å²) in [5, 5.41) is 1.97. The van der Waals surface area contributed by atoms with Crippen LogP contribution in [0, 0.1) is 0 Å². The number of pyridine rings is 1. The fourth-order valence-electron chi connectivity index (χ4n) is 3.37. The van der Waals surface area contributed by atoms with Gasteiger partial charge in [-0.2, -0.15) is 9.97 Å². The Morgan fingerprint density at radius 2 is 1.84 bits per heavy atom. The summed E-state index contributed by atoms with van der Waals surface area (Å²) in [6.45, 7) is 2.05. The molecule has 0 atom stereocenters. The standard InChI is InChI=1S/C17H14ClNO.C5H6N6/c1-2-13-11-12-7-6-10-15(18)16(12)17(20)19(13)14-8-4-3-5-9-14;6-3-2-4(9-1-8-2)11-5(7)10-3/h3-11H,2H2,1H3;1H,(H5,6,7,8,9,10,11). The van der Waals surface area contributed by atoms with E-state index in [1.54, 1.807) is 10.6 Å². The highest BCUT2D eigenvalue weighted by atomic mass is 35.5. The number of anilines is 2. The number of nitrogens with one attached hydrogen (secondary N) is 1. The molecule has 0 amide bonds. The summed E-state index contributed by atoms with van der Waals surface area (Å²) in [5.41, 5.74) is 13.7. The summed E-state index contributed by atoms with van der Waals surface area (Å²) < 4.78 is 1.74. The quantitative estimate of drug-likeness (QED) is 0.389. The molecular weight excluding hydrogens is 414 g/mol. The van der Waals surface area contributed by atoms with Crippen molar-refractivity contribution in [2.24, 2.45) is 0 Å². The molecule has 3 aromatic heterocycles. The van der Waals surface area contributed by atoms with Crippen molar-refractivity contribution in [2.45, 2.75) is 13.3 Å². The van der Waals surface area contributed by atoms with Gasteiger partial charge in [-0.3, -0.25) is 9.36 Å². The molecule has 0 radical (unpaired) electrons. The monoisotopic (exact) mass is 433 g/mol. The minimum Gasteiger partial charge on any atom is -0.382 e.